The average molecular weight is 272 g/mol. The summed E-state index contributed by atoms with van der Waals surface area (Å²) in [6.45, 7) is 8.15. The Balaban J connectivity index is 2.32. The maximum atomic E-state index is 11.7. The van der Waals surface area contributed by atoms with E-state index in [1.165, 1.54) is 0 Å². The van der Waals surface area contributed by atoms with Crippen LogP contribution < -0.4 is 5.32 Å². The molecule has 0 bridgehead atoms. The van der Waals surface area contributed by atoms with Crippen molar-refractivity contribution in [3.8, 4) is 0 Å². The number of nitrogens with one attached hydrogen (secondary N) is 1. The SMILES string of the molecule is CCOC(CCN1CCCC(C(=O)NC)C1)OCC. The quantitative estimate of drug-likeness (QED) is 0.675. The number of nitrogens with zero attached hydrogens (tertiary/aromatic N) is 1. The second kappa shape index (κ2) is 9.28. The van der Waals surface area contributed by atoms with Gasteiger partial charge in [-0.1, -0.05) is 0 Å². The van der Waals surface area contributed by atoms with Crippen LogP contribution in [0.1, 0.15) is 33.1 Å². The summed E-state index contributed by atoms with van der Waals surface area (Å²) in [4.78, 5) is 14.0. The third-order valence-electron chi connectivity index (χ3n) is 3.51. The van der Waals surface area contributed by atoms with E-state index < -0.39 is 0 Å². The Bertz CT molecular complexity index is 255. The lowest BCUT2D eigenvalue weighted by atomic mass is 9.97. The second-order valence-corrected chi connectivity index (χ2v) is 4.88. The first-order chi connectivity index (χ1) is 9.21. The molecule has 0 aliphatic carbocycles. The standard InChI is InChI=1S/C14H28N2O3/c1-4-18-13(19-5-2)8-10-16-9-6-7-12(11-16)14(17)15-3/h12-13H,4-11H2,1-3H3,(H,15,17). The first-order valence-electron chi connectivity index (χ1n) is 7.38. The van der Waals surface area contributed by atoms with Crippen LogP contribution in [0.4, 0.5) is 0 Å². The molecule has 1 unspecified atom stereocenters. The third-order valence-corrected chi connectivity index (χ3v) is 3.51. The Morgan fingerprint density at radius 2 is 2.05 bits per heavy atom. The van der Waals surface area contributed by atoms with Gasteiger partial charge in [-0.05, 0) is 33.2 Å². The molecule has 1 amide bonds. The van der Waals surface area contributed by atoms with Crippen molar-refractivity contribution >= 4 is 5.91 Å². The number of rotatable bonds is 8. The monoisotopic (exact) mass is 272 g/mol. The third kappa shape index (κ3) is 5.89. The van der Waals surface area contributed by atoms with E-state index in [-0.39, 0.29) is 18.1 Å². The van der Waals surface area contributed by atoms with Gasteiger partial charge in [-0.15, -0.1) is 0 Å². The van der Waals surface area contributed by atoms with Crippen LogP contribution >= 0.6 is 0 Å². The van der Waals surface area contributed by atoms with E-state index in [4.69, 9.17) is 9.47 Å². The summed E-state index contributed by atoms with van der Waals surface area (Å²) in [7, 11) is 1.71. The van der Waals surface area contributed by atoms with Gasteiger partial charge in [0.2, 0.25) is 5.91 Å². The predicted octanol–water partition coefficient (Wildman–Crippen LogP) is 1.23. The number of ether oxygens (including phenoxy) is 2. The summed E-state index contributed by atoms with van der Waals surface area (Å²) in [6, 6.07) is 0. The minimum absolute atomic E-state index is 0.115. The zero-order chi connectivity index (χ0) is 14.1. The minimum atomic E-state index is -0.115. The van der Waals surface area contributed by atoms with Gasteiger partial charge >= 0.3 is 0 Å². The van der Waals surface area contributed by atoms with Crippen LogP contribution in [0.25, 0.3) is 0 Å². The highest BCUT2D eigenvalue weighted by atomic mass is 16.7. The molecule has 0 aromatic heterocycles. The largest absolute Gasteiger partial charge is 0.359 e. The van der Waals surface area contributed by atoms with E-state index in [0.29, 0.717) is 13.2 Å². The van der Waals surface area contributed by atoms with Crippen molar-refractivity contribution < 1.29 is 14.3 Å². The molecule has 1 aliphatic rings. The normalized spacial score (nSPS) is 20.7. The molecule has 1 aliphatic heterocycles. The molecule has 19 heavy (non-hydrogen) atoms. The van der Waals surface area contributed by atoms with Gasteiger partial charge in [-0.3, -0.25) is 4.79 Å². The zero-order valence-corrected chi connectivity index (χ0v) is 12.5. The number of carbonyl (C=O) groups excluding carboxylic acids is 1. The minimum Gasteiger partial charge on any atom is -0.359 e. The Kier molecular flexibility index (Phi) is 8.02. The molecule has 1 heterocycles. The molecule has 0 spiro atoms. The van der Waals surface area contributed by atoms with Crippen LogP contribution in [0.2, 0.25) is 0 Å². The fourth-order valence-corrected chi connectivity index (χ4v) is 2.55. The van der Waals surface area contributed by atoms with Crippen molar-refractivity contribution in [2.24, 2.45) is 5.92 Å². The van der Waals surface area contributed by atoms with E-state index in [2.05, 4.69) is 10.2 Å². The zero-order valence-electron chi connectivity index (χ0n) is 12.5. The van der Waals surface area contributed by atoms with Gasteiger partial charge in [0, 0.05) is 39.8 Å². The van der Waals surface area contributed by atoms with Gasteiger partial charge in [-0.2, -0.15) is 0 Å². The Morgan fingerprint density at radius 3 is 2.63 bits per heavy atom. The Morgan fingerprint density at radius 1 is 1.37 bits per heavy atom. The summed E-state index contributed by atoms with van der Waals surface area (Å²) >= 11 is 0. The van der Waals surface area contributed by atoms with Gasteiger partial charge < -0.3 is 19.7 Å². The number of carbonyl (C=O) groups is 1. The topological polar surface area (TPSA) is 50.8 Å². The smallest absolute Gasteiger partial charge is 0.224 e. The lowest BCUT2D eigenvalue weighted by molar-refractivity contribution is -0.142. The van der Waals surface area contributed by atoms with Gasteiger partial charge in [-0.25, -0.2) is 0 Å². The molecule has 1 saturated heterocycles. The molecule has 1 atom stereocenters. The molecule has 1 N–H and O–H groups in total. The fraction of sp³-hybridized carbons (Fsp3) is 0.929. The molecule has 112 valence electrons. The van der Waals surface area contributed by atoms with E-state index in [1.54, 1.807) is 7.05 Å². The number of likely N-dealkylation sites (tertiary alicyclic amines) is 1. The molecular weight excluding hydrogens is 244 g/mol. The van der Waals surface area contributed by atoms with Crippen molar-refractivity contribution in [1.82, 2.24) is 10.2 Å². The maximum Gasteiger partial charge on any atom is 0.224 e. The number of piperidine rings is 1. The van der Waals surface area contributed by atoms with Gasteiger partial charge in [0.25, 0.3) is 0 Å². The molecule has 0 saturated carbocycles. The van der Waals surface area contributed by atoms with Crippen LogP contribution in [-0.2, 0) is 14.3 Å². The number of amides is 1. The first kappa shape index (κ1) is 16.4. The molecule has 0 aromatic carbocycles. The molecular formula is C14H28N2O3. The van der Waals surface area contributed by atoms with E-state index in [1.807, 2.05) is 13.8 Å². The first-order valence-corrected chi connectivity index (χ1v) is 7.38. The predicted molar refractivity (Wildman–Crippen MR) is 74.9 cm³/mol. The van der Waals surface area contributed by atoms with Gasteiger partial charge in [0.1, 0.15) is 0 Å². The van der Waals surface area contributed by atoms with Crippen molar-refractivity contribution in [3.63, 3.8) is 0 Å². The molecule has 0 aromatic rings. The Labute approximate surface area is 116 Å². The average Bonchev–Trinajstić information content (AvgIpc) is 2.44. The summed E-state index contributed by atoms with van der Waals surface area (Å²) in [5, 5.41) is 2.75. The maximum absolute atomic E-state index is 11.7. The van der Waals surface area contributed by atoms with Crippen LogP contribution in [0, 0.1) is 5.92 Å². The lowest BCUT2D eigenvalue weighted by Gasteiger charge is -2.32. The van der Waals surface area contributed by atoms with Gasteiger partial charge in [0.05, 0.1) is 5.92 Å². The second-order valence-electron chi connectivity index (χ2n) is 4.88. The van der Waals surface area contributed by atoms with Crippen molar-refractivity contribution in [3.05, 3.63) is 0 Å². The van der Waals surface area contributed by atoms with Crippen molar-refractivity contribution in [1.29, 1.82) is 0 Å². The van der Waals surface area contributed by atoms with E-state index in [9.17, 15) is 4.79 Å². The highest BCUT2D eigenvalue weighted by Gasteiger charge is 2.25. The summed E-state index contributed by atoms with van der Waals surface area (Å²) in [5.41, 5.74) is 0. The van der Waals surface area contributed by atoms with Crippen LogP contribution in [0.3, 0.4) is 0 Å². The molecule has 1 fully saturated rings. The van der Waals surface area contributed by atoms with E-state index in [0.717, 1.165) is 38.9 Å². The van der Waals surface area contributed by atoms with Crippen LogP contribution in [0.5, 0.6) is 0 Å². The van der Waals surface area contributed by atoms with Crippen molar-refractivity contribution in [2.75, 3.05) is 39.9 Å². The fourth-order valence-electron chi connectivity index (χ4n) is 2.55. The Hall–Kier alpha value is -0.650. The number of hydrogen-bond acceptors (Lipinski definition) is 4. The molecule has 5 nitrogen and oxygen atoms in total. The highest BCUT2D eigenvalue weighted by molar-refractivity contribution is 5.78. The summed E-state index contributed by atoms with van der Waals surface area (Å²) < 4.78 is 11.1. The summed E-state index contributed by atoms with van der Waals surface area (Å²) in [5.74, 6) is 0.298. The number of hydrogen-bond donors (Lipinski definition) is 1. The van der Waals surface area contributed by atoms with E-state index >= 15 is 0 Å². The molecule has 5 heteroatoms. The summed E-state index contributed by atoms with van der Waals surface area (Å²) in [6.07, 6.45) is 2.83. The van der Waals surface area contributed by atoms with Crippen LogP contribution in [-0.4, -0.2) is 57.0 Å². The lowest BCUT2D eigenvalue weighted by Crippen LogP contribution is -2.43. The molecule has 1 rings (SSSR count). The van der Waals surface area contributed by atoms with Crippen LogP contribution in [0.15, 0.2) is 0 Å². The molecule has 0 radical (unpaired) electrons. The highest BCUT2D eigenvalue weighted by Crippen LogP contribution is 2.17. The van der Waals surface area contributed by atoms with Gasteiger partial charge in [0.15, 0.2) is 6.29 Å². The van der Waals surface area contributed by atoms with Crippen molar-refractivity contribution in [2.45, 2.75) is 39.4 Å².